The molecular weight excluding hydrogens is 367 g/mol. The molecule has 2 saturated heterocycles. The fraction of sp³-hybridized carbons (Fsp3) is 0.421. The molecule has 2 heterocycles. The van der Waals surface area contributed by atoms with Crippen molar-refractivity contribution in [3.8, 4) is 6.07 Å². The number of hydrogen-bond donors (Lipinski definition) is 1. The van der Waals surface area contributed by atoms with Crippen LogP contribution in [-0.2, 0) is 9.47 Å². The van der Waals surface area contributed by atoms with Gasteiger partial charge in [-0.2, -0.15) is 5.26 Å². The molecule has 8 nitrogen and oxygen atoms in total. The average Bonchev–Trinajstić information content (AvgIpc) is 3.07. The Morgan fingerprint density at radius 1 is 1.46 bits per heavy atom. The minimum Gasteiger partial charge on any atom is -0.453 e. The molecule has 2 amide bonds. The van der Waals surface area contributed by atoms with Crippen LogP contribution < -0.4 is 15.1 Å². The van der Waals surface area contributed by atoms with E-state index in [1.807, 2.05) is 11.0 Å². The summed E-state index contributed by atoms with van der Waals surface area (Å²) < 4.78 is 24.4. The Morgan fingerprint density at radius 2 is 2.21 bits per heavy atom. The molecule has 2 aliphatic heterocycles. The van der Waals surface area contributed by atoms with Gasteiger partial charge in [0.25, 0.3) is 0 Å². The van der Waals surface area contributed by atoms with Gasteiger partial charge in [-0.05, 0) is 31.0 Å². The summed E-state index contributed by atoms with van der Waals surface area (Å²) >= 11 is 0. The highest BCUT2D eigenvalue weighted by atomic mass is 19.1. The third kappa shape index (κ3) is 4.34. The molecule has 9 heteroatoms. The number of nitrogens with one attached hydrogen (secondary N) is 1. The second-order valence-electron chi connectivity index (χ2n) is 6.54. The number of nitriles is 1. The second-order valence-corrected chi connectivity index (χ2v) is 6.54. The molecule has 0 unspecified atom stereocenters. The summed E-state index contributed by atoms with van der Waals surface area (Å²) in [6, 6.07) is 6.67. The van der Waals surface area contributed by atoms with Crippen molar-refractivity contribution in [2.75, 3.05) is 43.1 Å². The number of rotatable bonds is 4. The van der Waals surface area contributed by atoms with Crippen molar-refractivity contribution in [1.29, 1.82) is 5.26 Å². The number of carbonyl (C=O) groups excluding carboxylic acids is 2. The fourth-order valence-electron chi connectivity index (χ4n) is 3.30. The normalized spacial score (nSPS) is 19.1. The Labute approximate surface area is 162 Å². The molecule has 2 fully saturated rings. The van der Waals surface area contributed by atoms with Gasteiger partial charge in [0.15, 0.2) is 0 Å². The largest absolute Gasteiger partial charge is 0.453 e. The summed E-state index contributed by atoms with van der Waals surface area (Å²) in [6.45, 7) is 1.59. The van der Waals surface area contributed by atoms with Gasteiger partial charge in [-0.15, -0.1) is 0 Å². The van der Waals surface area contributed by atoms with Crippen LogP contribution in [-0.4, -0.2) is 51.6 Å². The number of amides is 2. The van der Waals surface area contributed by atoms with Gasteiger partial charge in [-0.1, -0.05) is 5.57 Å². The summed E-state index contributed by atoms with van der Waals surface area (Å²) in [5, 5.41) is 11.2. The molecule has 0 saturated carbocycles. The van der Waals surface area contributed by atoms with Crippen LogP contribution in [0.3, 0.4) is 0 Å². The van der Waals surface area contributed by atoms with Crippen LogP contribution in [0.5, 0.6) is 0 Å². The van der Waals surface area contributed by atoms with Crippen molar-refractivity contribution in [3.05, 3.63) is 35.7 Å². The van der Waals surface area contributed by atoms with E-state index >= 15 is 0 Å². The summed E-state index contributed by atoms with van der Waals surface area (Å²) in [6.07, 6.45) is 1.26. The lowest BCUT2D eigenvalue weighted by atomic mass is 10.0. The minimum absolute atomic E-state index is 0.113. The van der Waals surface area contributed by atoms with Gasteiger partial charge < -0.3 is 19.7 Å². The smallest absolute Gasteiger partial charge is 0.414 e. The van der Waals surface area contributed by atoms with Gasteiger partial charge >= 0.3 is 12.2 Å². The Morgan fingerprint density at radius 3 is 2.86 bits per heavy atom. The molecule has 0 aliphatic carbocycles. The number of ether oxygens (including phenoxy) is 2. The first kappa shape index (κ1) is 19.5. The second kappa shape index (κ2) is 8.61. The highest BCUT2D eigenvalue weighted by molar-refractivity contribution is 5.90. The van der Waals surface area contributed by atoms with Crippen LogP contribution in [0.1, 0.15) is 12.8 Å². The van der Waals surface area contributed by atoms with Crippen molar-refractivity contribution in [2.45, 2.75) is 18.9 Å². The number of benzene rings is 1. The SMILES string of the molecule is COC(=O)NC[C@H]1CN(c2ccc(N3CCC(=CC#N)CC3)c(F)c2)C(=O)O1. The van der Waals surface area contributed by atoms with Crippen molar-refractivity contribution in [3.63, 3.8) is 0 Å². The molecule has 28 heavy (non-hydrogen) atoms. The van der Waals surface area contributed by atoms with E-state index in [-0.39, 0.29) is 13.1 Å². The highest BCUT2D eigenvalue weighted by Gasteiger charge is 2.33. The number of anilines is 2. The maximum atomic E-state index is 14.7. The fourth-order valence-corrected chi connectivity index (χ4v) is 3.30. The van der Waals surface area contributed by atoms with Crippen molar-refractivity contribution < 1.29 is 23.5 Å². The first-order chi connectivity index (χ1) is 13.5. The number of allylic oxidation sites excluding steroid dienone is 1. The van der Waals surface area contributed by atoms with Gasteiger partial charge in [0, 0.05) is 19.2 Å². The number of hydrogen-bond acceptors (Lipinski definition) is 6. The lowest BCUT2D eigenvalue weighted by Gasteiger charge is -2.30. The molecular formula is C19H21FN4O4. The number of halogens is 1. The molecule has 148 valence electrons. The lowest BCUT2D eigenvalue weighted by molar-refractivity contribution is 0.132. The van der Waals surface area contributed by atoms with E-state index in [9.17, 15) is 14.0 Å². The molecule has 1 aromatic carbocycles. The first-order valence-corrected chi connectivity index (χ1v) is 8.94. The van der Waals surface area contributed by atoms with E-state index in [0.717, 1.165) is 18.4 Å². The standard InChI is InChI=1S/C19H21FN4O4/c1-27-18(25)22-11-15-12-24(19(26)28-15)14-2-3-17(16(20)10-14)23-8-5-13(4-7-21)6-9-23/h2-4,10,15H,5-6,8-9,11-12H2,1H3,(H,22,25)/t15-/m0/s1. The molecule has 1 N–H and O–H groups in total. The van der Waals surface area contributed by atoms with Gasteiger partial charge in [0.1, 0.15) is 11.9 Å². The van der Waals surface area contributed by atoms with Crippen LogP contribution in [0.15, 0.2) is 29.8 Å². The molecule has 0 aromatic heterocycles. The van der Waals surface area contributed by atoms with Crippen LogP contribution in [0.25, 0.3) is 0 Å². The molecule has 0 bridgehead atoms. The maximum Gasteiger partial charge on any atom is 0.414 e. The average molecular weight is 388 g/mol. The van der Waals surface area contributed by atoms with E-state index in [2.05, 4.69) is 10.1 Å². The van der Waals surface area contributed by atoms with Crippen LogP contribution in [0, 0.1) is 17.1 Å². The molecule has 3 rings (SSSR count). The third-order valence-corrected chi connectivity index (χ3v) is 4.79. The van der Waals surface area contributed by atoms with Crippen LogP contribution in [0.4, 0.5) is 25.4 Å². The molecule has 2 aliphatic rings. The quantitative estimate of drug-likeness (QED) is 0.797. The summed E-state index contributed by atoms with van der Waals surface area (Å²) in [5.74, 6) is -0.422. The van der Waals surface area contributed by atoms with E-state index in [0.29, 0.717) is 24.5 Å². The van der Waals surface area contributed by atoms with Gasteiger partial charge in [0.2, 0.25) is 0 Å². The zero-order chi connectivity index (χ0) is 20.1. The predicted octanol–water partition coefficient (Wildman–Crippen LogP) is 2.56. The van der Waals surface area contributed by atoms with E-state index < -0.39 is 24.1 Å². The van der Waals surface area contributed by atoms with Gasteiger partial charge in [-0.3, -0.25) is 4.90 Å². The topological polar surface area (TPSA) is 94.9 Å². The number of piperidine rings is 1. The number of carbonyl (C=O) groups is 2. The van der Waals surface area contributed by atoms with Crippen LogP contribution >= 0.6 is 0 Å². The zero-order valence-electron chi connectivity index (χ0n) is 15.5. The number of nitrogens with zero attached hydrogens (tertiary/aromatic N) is 3. The van der Waals surface area contributed by atoms with Gasteiger partial charge in [0.05, 0.1) is 37.6 Å². The molecule has 0 spiro atoms. The molecule has 1 atom stereocenters. The van der Waals surface area contributed by atoms with Crippen molar-refractivity contribution in [1.82, 2.24) is 5.32 Å². The van der Waals surface area contributed by atoms with Gasteiger partial charge in [-0.25, -0.2) is 14.0 Å². The summed E-state index contributed by atoms with van der Waals surface area (Å²) in [4.78, 5) is 26.5. The van der Waals surface area contributed by atoms with E-state index in [1.165, 1.54) is 18.1 Å². The number of methoxy groups -OCH3 is 1. The molecule has 1 aromatic rings. The Kier molecular flexibility index (Phi) is 5.99. The number of alkyl carbamates (subject to hydrolysis) is 1. The predicted molar refractivity (Wildman–Crippen MR) is 99.6 cm³/mol. The summed E-state index contributed by atoms with van der Waals surface area (Å²) in [5.41, 5.74) is 1.94. The first-order valence-electron chi connectivity index (χ1n) is 8.94. The third-order valence-electron chi connectivity index (χ3n) is 4.79. The molecule has 0 radical (unpaired) electrons. The maximum absolute atomic E-state index is 14.7. The van der Waals surface area contributed by atoms with Crippen LogP contribution in [0.2, 0.25) is 0 Å². The monoisotopic (exact) mass is 388 g/mol. The van der Waals surface area contributed by atoms with Crippen molar-refractivity contribution >= 4 is 23.6 Å². The number of cyclic esters (lactones) is 1. The Bertz CT molecular complexity index is 826. The highest BCUT2D eigenvalue weighted by Crippen LogP contribution is 2.30. The minimum atomic E-state index is -0.612. The zero-order valence-corrected chi connectivity index (χ0v) is 15.5. The van der Waals surface area contributed by atoms with Crippen molar-refractivity contribution in [2.24, 2.45) is 0 Å². The lowest BCUT2D eigenvalue weighted by Crippen LogP contribution is -2.34. The summed E-state index contributed by atoms with van der Waals surface area (Å²) in [7, 11) is 1.25. The Balaban J connectivity index is 1.64. The van der Waals surface area contributed by atoms with E-state index in [1.54, 1.807) is 18.2 Å². The Hall–Kier alpha value is -3.28. The van der Waals surface area contributed by atoms with E-state index in [4.69, 9.17) is 10.00 Å².